The summed E-state index contributed by atoms with van der Waals surface area (Å²) in [6.45, 7) is 2.51. The number of rotatable bonds is 5. The minimum Gasteiger partial charge on any atom is -0.478 e. The number of carbonyl (C=O) groups is 2. The fourth-order valence-electron chi connectivity index (χ4n) is 1.79. The molecule has 0 aliphatic carbocycles. The average Bonchev–Trinajstić information content (AvgIpc) is 2.88. The first-order chi connectivity index (χ1) is 10.1. The number of carbonyl (C=O) groups excluding carboxylic acids is 1. The van der Waals surface area contributed by atoms with Crippen LogP contribution in [0.25, 0.3) is 0 Å². The molecule has 0 aliphatic heterocycles. The van der Waals surface area contributed by atoms with Crippen molar-refractivity contribution in [1.82, 2.24) is 20.8 Å². The summed E-state index contributed by atoms with van der Waals surface area (Å²) < 4.78 is 0. The lowest BCUT2D eigenvalue weighted by atomic mass is 10.1. The molecule has 0 aliphatic rings. The number of hydrogen-bond acceptors (Lipinski definition) is 3. The van der Waals surface area contributed by atoms with Gasteiger partial charge < -0.3 is 15.7 Å². The largest absolute Gasteiger partial charge is 0.478 e. The quantitative estimate of drug-likeness (QED) is 0.667. The van der Waals surface area contributed by atoms with Gasteiger partial charge in [-0.3, -0.25) is 5.10 Å². The summed E-state index contributed by atoms with van der Waals surface area (Å²) in [5.74, 6) is -0.989. The predicted octanol–water partition coefficient (Wildman–Crippen LogP) is 1.42. The Kier molecular flexibility index (Phi) is 4.55. The van der Waals surface area contributed by atoms with Crippen LogP contribution in [0.5, 0.6) is 0 Å². The number of amides is 2. The number of aromatic amines is 1. The van der Waals surface area contributed by atoms with Gasteiger partial charge >= 0.3 is 12.0 Å². The Labute approximate surface area is 121 Å². The maximum Gasteiger partial charge on any atom is 0.335 e. The highest BCUT2D eigenvalue weighted by Gasteiger charge is 2.06. The highest BCUT2D eigenvalue weighted by Crippen LogP contribution is 2.05. The third kappa shape index (κ3) is 4.07. The third-order valence-corrected chi connectivity index (χ3v) is 3.00. The van der Waals surface area contributed by atoms with Gasteiger partial charge in [0.25, 0.3) is 0 Å². The Hall–Kier alpha value is -2.83. The number of aryl methyl sites for hydroxylation is 1. The van der Waals surface area contributed by atoms with Crippen LogP contribution in [-0.2, 0) is 13.1 Å². The molecule has 0 atom stereocenters. The van der Waals surface area contributed by atoms with Gasteiger partial charge in [0.15, 0.2) is 0 Å². The SMILES string of the molecule is Cc1[nH]ncc1CNC(=O)NCc1cccc(C(=O)O)c1. The predicted molar refractivity (Wildman–Crippen MR) is 75.8 cm³/mol. The summed E-state index contributed by atoms with van der Waals surface area (Å²) in [4.78, 5) is 22.5. The molecular formula is C14H16N4O3. The zero-order valence-corrected chi connectivity index (χ0v) is 11.5. The maximum atomic E-state index is 11.7. The standard InChI is InChI=1S/C14H16N4O3/c1-9-12(8-17-18-9)7-16-14(21)15-6-10-3-2-4-11(5-10)13(19)20/h2-5,8H,6-7H2,1H3,(H,17,18)(H,19,20)(H2,15,16,21). The van der Waals surface area contributed by atoms with Crippen molar-refractivity contribution in [3.05, 3.63) is 52.8 Å². The highest BCUT2D eigenvalue weighted by molar-refractivity contribution is 5.87. The molecule has 0 fully saturated rings. The molecule has 2 rings (SSSR count). The highest BCUT2D eigenvalue weighted by atomic mass is 16.4. The lowest BCUT2D eigenvalue weighted by molar-refractivity contribution is 0.0696. The van der Waals surface area contributed by atoms with E-state index < -0.39 is 5.97 Å². The van der Waals surface area contributed by atoms with Gasteiger partial charge in [0, 0.05) is 24.3 Å². The summed E-state index contributed by atoms with van der Waals surface area (Å²) in [6, 6.07) is 6.12. The zero-order chi connectivity index (χ0) is 15.2. The molecule has 7 nitrogen and oxygen atoms in total. The van der Waals surface area contributed by atoms with Gasteiger partial charge in [0.05, 0.1) is 11.8 Å². The van der Waals surface area contributed by atoms with Crippen molar-refractivity contribution in [3.8, 4) is 0 Å². The van der Waals surface area contributed by atoms with Gasteiger partial charge in [0.1, 0.15) is 0 Å². The first kappa shape index (κ1) is 14.6. The Morgan fingerprint density at radius 2 is 2.05 bits per heavy atom. The molecule has 0 unspecified atom stereocenters. The molecule has 1 aromatic heterocycles. The van der Waals surface area contributed by atoms with E-state index in [0.29, 0.717) is 6.54 Å². The van der Waals surface area contributed by atoms with Crippen molar-refractivity contribution in [2.24, 2.45) is 0 Å². The minimum atomic E-state index is -0.989. The number of carboxylic acids is 1. The second-order valence-corrected chi connectivity index (χ2v) is 4.56. The van der Waals surface area contributed by atoms with E-state index in [4.69, 9.17) is 5.11 Å². The Morgan fingerprint density at radius 1 is 1.29 bits per heavy atom. The zero-order valence-electron chi connectivity index (χ0n) is 11.5. The third-order valence-electron chi connectivity index (χ3n) is 3.00. The van der Waals surface area contributed by atoms with Crippen LogP contribution >= 0.6 is 0 Å². The smallest absolute Gasteiger partial charge is 0.335 e. The normalized spacial score (nSPS) is 10.1. The first-order valence-electron chi connectivity index (χ1n) is 6.39. The molecule has 2 aromatic rings. The summed E-state index contributed by atoms with van der Waals surface area (Å²) in [5.41, 5.74) is 2.75. The van der Waals surface area contributed by atoms with E-state index in [0.717, 1.165) is 16.8 Å². The lowest BCUT2D eigenvalue weighted by Gasteiger charge is -2.08. The van der Waals surface area contributed by atoms with E-state index in [1.165, 1.54) is 12.1 Å². The van der Waals surface area contributed by atoms with E-state index in [9.17, 15) is 9.59 Å². The monoisotopic (exact) mass is 288 g/mol. The summed E-state index contributed by atoms with van der Waals surface area (Å²) >= 11 is 0. The van der Waals surface area contributed by atoms with Crippen molar-refractivity contribution in [2.75, 3.05) is 0 Å². The van der Waals surface area contributed by atoms with Crippen LogP contribution in [0.4, 0.5) is 4.79 Å². The topological polar surface area (TPSA) is 107 Å². The number of carboxylic acid groups (broad SMARTS) is 1. The Bertz CT molecular complexity index is 651. The van der Waals surface area contributed by atoms with Crippen LogP contribution in [0.1, 0.15) is 27.2 Å². The fraction of sp³-hybridized carbons (Fsp3) is 0.214. The molecule has 0 saturated heterocycles. The van der Waals surface area contributed by atoms with Crippen LogP contribution in [0.15, 0.2) is 30.5 Å². The molecule has 0 saturated carbocycles. The number of nitrogens with zero attached hydrogens (tertiary/aromatic N) is 1. The molecule has 0 radical (unpaired) electrons. The average molecular weight is 288 g/mol. The van der Waals surface area contributed by atoms with E-state index in [1.807, 2.05) is 6.92 Å². The van der Waals surface area contributed by atoms with E-state index in [2.05, 4.69) is 20.8 Å². The molecule has 21 heavy (non-hydrogen) atoms. The number of aromatic nitrogens is 2. The van der Waals surface area contributed by atoms with E-state index in [1.54, 1.807) is 18.3 Å². The van der Waals surface area contributed by atoms with Crippen molar-refractivity contribution >= 4 is 12.0 Å². The Balaban J connectivity index is 1.82. The van der Waals surface area contributed by atoms with Gasteiger partial charge in [-0.15, -0.1) is 0 Å². The van der Waals surface area contributed by atoms with E-state index >= 15 is 0 Å². The number of urea groups is 1. The van der Waals surface area contributed by atoms with Crippen LogP contribution in [0.2, 0.25) is 0 Å². The molecule has 1 heterocycles. The number of benzene rings is 1. The van der Waals surface area contributed by atoms with Crippen molar-refractivity contribution < 1.29 is 14.7 Å². The summed E-state index contributed by atoms with van der Waals surface area (Å²) in [5, 5.41) is 20.9. The second kappa shape index (κ2) is 6.56. The summed E-state index contributed by atoms with van der Waals surface area (Å²) in [6.07, 6.45) is 1.66. The molecule has 2 amide bonds. The van der Waals surface area contributed by atoms with Crippen LogP contribution < -0.4 is 10.6 Å². The van der Waals surface area contributed by atoms with E-state index in [-0.39, 0.29) is 18.1 Å². The van der Waals surface area contributed by atoms with Crippen molar-refractivity contribution in [1.29, 1.82) is 0 Å². The molecule has 7 heteroatoms. The lowest BCUT2D eigenvalue weighted by Crippen LogP contribution is -2.34. The van der Waals surface area contributed by atoms with Gasteiger partial charge in [-0.2, -0.15) is 5.10 Å². The van der Waals surface area contributed by atoms with Crippen LogP contribution in [0.3, 0.4) is 0 Å². The van der Waals surface area contributed by atoms with Crippen LogP contribution in [-0.4, -0.2) is 27.3 Å². The molecule has 0 bridgehead atoms. The molecule has 110 valence electrons. The second-order valence-electron chi connectivity index (χ2n) is 4.56. The molecule has 0 spiro atoms. The maximum absolute atomic E-state index is 11.7. The van der Waals surface area contributed by atoms with Gasteiger partial charge in [-0.25, -0.2) is 9.59 Å². The molecular weight excluding hydrogens is 272 g/mol. The van der Waals surface area contributed by atoms with Gasteiger partial charge in [-0.1, -0.05) is 12.1 Å². The number of aromatic carboxylic acids is 1. The van der Waals surface area contributed by atoms with Crippen LogP contribution in [0, 0.1) is 6.92 Å². The number of hydrogen-bond donors (Lipinski definition) is 4. The van der Waals surface area contributed by atoms with Crippen molar-refractivity contribution in [2.45, 2.75) is 20.0 Å². The fourth-order valence-corrected chi connectivity index (χ4v) is 1.79. The number of nitrogens with one attached hydrogen (secondary N) is 3. The number of H-pyrrole nitrogens is 1. The van der Waals surface area contributed by atoms with Gasteiger partial charge in [0.2, 0.25) is 0 Å². The van der Waals surface area contributed by atoms with Gasteiger partial charge in [-0.05, 0) is 24.6 Å². The first-order valence-corrected chi connectivity index (χ1v) is 6.39. The summed E-state index contributed by atoms with van der Waals surface area (Å²) in [7, 11) is 0. The minimum absolute atomic E-state index is 0.198. The molecule has 1 aromatic carbocycles. The van der Waals surface area contributed by atoms with Crippen molar-refractivity contribution in [3.63, 3.8) is 0 Å². The molecule has 4 N–H and O–H groups in total. The Morgan fingerprint density at radius 3 is 2.71 bits per heavy atom.